The summed E-state index contributed by atoms with van der Waals surface area (Å²) >= 11 is 0. The lowest BCUT2D eigenvalue weighted by Crippen LogP contribution is -2.25. The molecule has 1 aromatic heterocycles. The van der Waals surface area contributed by atoms with Crippen LogP contribution >= 0.6 is 0 Å². The van der Waals surface area contributed by atoms with Gasteiger partial charge in [-0.05, 0) is 68.6 Å². The van der Waals surface area contributed by atoms with Crippen molar-refractivity contribution in [3.8, 4) is 11.4 Å². The Labute approximate surface area is 118 Å². The smallest absolute Gasteiger partial charge is 0.159 e. The van der Waals surface area contributed by atoms with Crippen LogP contribution in [0.2, 0.25) is 0 Å². The lowest BCUT2D eigenvalue weighted by atomic mass is 9.87. The fraction of sp³-hybridized carbons (Fsp3) is 0.375. The average molecular weight is 271 g/mol. The van der Waals surface area contributed by atoms with Gasteiger partial charge in [0.25, 0.3) is 0 Å². The molecule has 0 saturated carbocycles. The van der Waals surface area contributed by atoms with Gasteiger partial charge in [-0.2, -0.15) is 0 Å². The van der Waals surface area contributed by atoms with Crippen LogP contribution in [0.5, 0.6) is 0 Å². The number of nitrogens with zero attached hydrogens (tertiary/aromatic N) is 2. The van der Waals surface area contributed by atoms with Crippen molar-refractivity contribution in [1.82, 2.24) is 15.3 Å². The van der Waals surface area contributed by atoms with Crippen molar-refractivity contribution in [1.29, 1.82) is 0 Å². The zero-order valence-electron chi connectivity index (χ0n) is 11.6. The first-order valence-electron chi connectivity index (χ1n) is 7.01. The van der Waals surface area contributed by atoms with Crippen molar-refractivity contribution in [3.63, 3.8) is 0 Å². The highest BCUT2D eigenvalue weighted by atomic mass is 19.1. The number of nitrogens with one attached hydrogen (secondary N) is 1. The predicted octanol–water partition coefficient (Wildman–Crippen LogP) is 2.61. The van der Waals surface area contributed by atoms with Crippen LogP contribution in [0.25, 0.3) is 11.4 Å². The van der Waals surface area contributed by atoms with Gasteiger partial charge in [0.15, 0.2) is 5.82 Å². The molecule has 0 radical (unpaired) electrons. The molecule has 20 heavy (non-hydrogen) atoms. The Morgan fingerprint density at radius 2 is 2.10 bits per heavy atom. The van der Waals surface area contributed by atoms with E-state index < -0.39 is 0 Å². The third-order valence-corrected chi connectivity index (χ3v) is 3.85. The van der Waals surface area contributed by atoms with Gasteiger partial charge in [0.05, 0.1) is 0 Å². The Balaban J connectivity index is 1.85. The number of aryl methyl sites for hydroxylation is 1. The van der Waals surface area contributed by atoms with Crippen molar-refractivity contribution in [3.05, 3.63) is 47.5 Å². The largest absolute Gasteiger partial charge is 0.319 e. The highest BCUT2D eigenvalue weighted by Crippen LogP contribution is 2.25. The third kappa shape index (κ3) is 2.70. The average Bonchev–Trinajstić information content (AvgIpc) is 2.48. The molecule has 1 unspecified atom stereocenters. The molecule has 0 fully saturated rings. The van der Waals surface area contributed by atoms with E-state index >= 15 is 0 Å². The number of rotatable bonds is 3. The van der Waals surface area contributed by atoms with E-state index in [4.69, 9.17) is 0 Å². The minimum atomic E-state index is -0.235. The fourth-order valence-corrected chi connectivity index (χ4v) is 2.78. The molecule has 0 amide bonds. The molecule has 1 heterocycles. The predicted molar refractivity (Wildman–Crippen MR) is 76.9 cm³/mol. The molecule has 0 bridgehead atoms. The highest BCUT2D eigenvalue weighted by Gasteiger charge is 2.20. The van der Waals surface area contributed by atoms with Crippen LogP contribution in [0.1, 0.15) is 17.7 Å². The van der Waals surface area contributed by atoms with Gasteiger partial charge in [0.2, 0.25) is 0 Å². The lowest BCUT2D eigenvalue weighted by Gasteiger charge is -2.23. The van der Waals surface area contributed by atoms with Gasteiger partial charge >= 0.3 is 0 Å². The van der Waals surface area contributed by atoms with Crippen LogP contribution in [0.15, 0.2) is 30.5 Å². The Kier molecular flexibility index (Phi) is 3.74. The molecule has 0 saturated heterocycles. The van der Waals surface area contributed by atoms with E-state index in [0.717, 1.165) is 37.1 Å². The maximum Gasteiger partial charge on any atom is 0.159 e. The normalized spacial score (nSPS) is 17.8. The molecule has 104 valence electrons. The second-order valence-corrected chi connectivity index (χ2v) is 5.34. The molecule has 1 aliphatic carbocycles. The number of benzene rings is 1. The Hall–Kier alpha value is -1.81. The summed E-state index contributed by atoms with van der Waals surface area (Å²) in [5.41, 5.74) is 3.26. The third-order valence-electron chi connectivity index (χ3n) is 3.85. The van der Waals surface area contributed by atoms with E-state index in [-0.39, 0.29) is 5.82 Å². The molecular formula is C16H18FN3. The molecule has 1 N–H and O–H groups in total. The number of aromatic nitrogens is 2. The van der Waals surface area contributed by atoms with Crippen molar-refractivity contribution < 1.29 is 4.39 Å². The maximum atomic E-state index is 12.9. The number of halogens is 1. The number of hydrogen-bond acceptors (Lipinski definition) is 3. The maximum absolute atomic E-state index is 12.9. The molecule has 3 rings (SSSR count). The Morgan fingerprint density at radius 1 is 1.30 bits per heavy atom. The van der Waals surface area contributed by atoms with Gasteiger partial charge < -0.3 is 5.32 Å². The zero-order valence-corrected chi connectivity index (χ0v) is 11.6. The molecule has 1 aromatic carbocycles. The van der Waals surface area contributed by atoms with E-state index in [0.29, 0.717) is 11.7 Å². The molecule has 0 spiro atoms. The Morgan fingerprint density at radius 3 is 2.85 bits per heavy atom. The topological polar surface area (TPSA) is 37.8 Å². The van der Waals surface area contributed by atoms with Crippen LogP contribution in [-0.4, -0.2) is 23.6 Å². The molecule has 3 nitrogen and oxygen atoms in total. The monoisotopic (exact) mass is 271 g/mol. The van der Waals surface area contributed by atoms with E-state index in [1.54, 1.807) is 12.1 Å². The first-order chi connectivity index (χ1) is 9.76. The summed E-state index contributed by atoms with van der Waals surface area (Å²) in [4.78, 5) is 9.09. The Bertz CT molecular complexity index is 595. The summed E-state index contributed by atoms with van der Waals surface area (Å²) < 4.78 is 12.9. The lowest BCUT2D eigenvalue weighted by molar-refractivity contribution is 0.434. The molecular weight excluding hydrogens is 253 g/mol. The molecule has 1 aliphatic rings. The number of fused-ring (bicyclic) bond motifs is 1. The summed E-state index contributed by atoms with van der Waals surface area (Å²) in [5.74, 6) is 1.13. The van der Waals surface area contributed by atoms with Gasteiger partial charge in [-0.15, -0.1) is 0 Å². The summed E-state index contributed by atoms with van der Waals surface area (Å²) in [6, 6.07) is 6.34. The number of hydrogen-bond donors (Lipinski definition) is 1. The van der Waals surface area contributed by atoms with Crippen molar-refractivity contribution in [2.24, 2.45) is 5.92 Å². The van der Waals surface area contributed by atoms with Crippen LogP contribution < -0.4 is 5.32 Å². The van der Waals surface area contributed by atoms with E-state index in [1.807, 2.05) is 13.2 Å². The molecule has 4 heteroatoms. The standard InChI is InChI=1S/C16H18FN3/c1-18-9-11-2-7-15-13(8-11)10-19-16(20-15)12-3-5-14(17)6-4-12/h3-6,10-11,18H,2,7-9H2,1H3. The van der Waals surface area contributed by atoms with Gasteiger partial charge in [-0.3, -0.25) is 0 Å². The van der Waals surface area contributed by atoms with E-state index in [2.05, 4.69) is 15.3 Å². The summed E-state index contributed by atoms with van der Waals surface area (Å²) in [5, 5.41) is 3.23. The molecule has 2 aromatic rings. The summed E-state index contributed by atoms with van der Waals surface area (Å²) in [6.45, 7) is 1.04. The van der Waals surface area contributed by atoms with Crippen LogP contribution in [0.4, 0.5) is 4.39 Å². The quantitative estimate of drug-likeness (QED) is 0.932. The minimum absolute atomic E-state index is 0.235. The van der Waals surface area contributed by atoms with Gasteiger partial charge in [-0.25, -0.2) is 14.4 Å². The van der Waals surface area contributed by atoms with Crippen LogP contribution in [0, 0.1) is 11.7 Å². The SMILES string of the molecule is CNCC1CCc2nc(-c3ccc(F)cc3)ncc2C1. The molecule has 1 atom stereocenters. The second kappa shape index (κ2) is 5.67. The van der Waals surface area contributed by atoms with Crippen molar-refractivity contribution in [2.45, 2.75) is 19.3 Å². The van der Waals surface area contributed by atoms with Crippen molar-refractivity contribution in [2.75, 3.05) is 13.6 Å². The first kappa shape index (κ1) is 13.2. The van der Waals surface area contributed by atoms with Crippen LogP contribution in [0.3, 0.4) is 0 Å². The minimum Gasteiger partial charge on any atom is -0.319 e. The second-order valence-electron chi connectivity index (χ2n) is 5.34. The van der Waals surface area contributed by atoms with Gasteiger partial charge in [-0.1, -0.05) is 0 Å². The fourth-order valence-electron chi connectivity index (χ4n) is 2.78. The van der Waals surface area contributed by atoms with Gasteiger partial charge in [0.1, 0.15) is 5.82 Å². The molecule has 0 aliphatic heterocycles. The summed E-state index contributed by atoms with van der Waals surface area (Å²) in [7, 11) is 1.99. The highest BCUT2D eigenvalue weighted by molar-refractivity contribution is 5.55. The van der Waals surface area contributed by atoms with E-state index in [1.165, 1.54) is 17.7 Å². The van der Waals surface area contributed by atoms with Crippen molar-refractivity contribution >= 4 is 0 Å². The van der Waals surface area contributed by atoms with Gasteiger partial charge in [0, 0.05) is 17.5 Å². The first-order valence-corrected chi connectivity index (χ1v) is 7.01. The summed E-state index contributed by atoms with van der Waals surface area (Å²) in [6.07, 6.45) is 5.13. The van der Waals surface area contributed by atoms with E-state index in [9.17, 15) is 4.39 Å². The van der Waals surface area contributed by atoms with Crippen LogP contribution in [-0.2, 0) is 12.8 Å². The zero-order chi connectivity index (χ0) is 13.9.